The van der Waals surface area contributed by atoms with Crippen LogP contribution in [0.5, 0.6) is 0 Å². The molecule has 0 bridgehead atoms. The van der Waals surface area contributed by atoms with E-state index < -0.39 is 14.4 Å². The van der Waals surface area contributed by atoms with Crippen molar-refractivity contribution in [3.63, 3.8) is 0 Å². The monoisotopic (exact) mass is 296 g/mol. The number of nitrogens with one attached hydrogen (secondary N) is 1. The molecule has 0 aliphatic rings. The Kier molecular flexibility index (Phi) is 5.30. The Morgan fingerprint density at radius 2 is 2.10 bits per heavy atom. The second kappa shape index (κ2) is 6.36. The molecular formula is C14H24N2O3Si. The summed E-state index contributed by atoms with van der Waals surface area (Å²) >= 11 is 0. The van der Waals surface area contributed by atoms with Gasteiger partial charge in [-0.05, 0) is 30.3 Å². The molecule has 1 amide bonds. The fourth-order valence-corrected chi connectivity index (χ4v) is 2.75. The predicted molar refractivity (Wildman–Crippen MR) is 81.3 cm³/mol. The summed E-state index contributed by atoms with van der Waals surface area (Å²) in [5, 5.41) is 11.2. The molecule has 6 heteroatoms. The van der Waals surface area contributed by atoms with Crippen molar-refractivity contribution in [2.75, 3.05) is 6.54 Å². The van der Waals surface area contributed by atoms with Crippen molar-refractivity contribution in [3.8, 4) is 0 Å². The van der Waals surface area contributed by atoms with Gasteiger partial charge in [-0.2, -0.15) is 0 Å². The number of hydrogen-bond acceptors (Lipinski definition) is 3. The third-order valence-electron chi connectivity index (χ3n) is 3.70. The van der Waals surface area contributed by atoms with Crippen molar-refractivity contribution in [1.82, 2.24) is 10.3 Å². The van der Waals surface area contributed by atoms with Crippen LogP contribution in [-0.2, 0) is 4.43 Å². The Labute approximate surface area is 121 Å². The van der Waals surface area contributed by atoms with Gasteiger partial charge in [-0.3, -0.25) is 4.98 Å². The second-order valence-corrected chi connectivity index (χ2v) is 11.1. The first kappa shape index (κ1) is 16.7. The molecule has 1 heterocycles. The van der Waals surface area contributed by atoms with Crippen molar-refractivity contribution in [2.45, 2.75) is 45.0 Å². The summed E-state index contributed by atoms with van der Waals surface area (Å²) in [6.07, 6.45) is 0.288. The average Bonchev–Trinajstić information content (AvgIpc) is 2.34. The summed E-state index contributed by atoms with van der Waals surface area (Å²) in [5.74, 6) is 0. The van der Waals surface area contributed by atoms with Gasteiger partial charge in [0.15, 0.2) is 8.32 Å². The molecule has 1 aromatic heterocycles. The van der Waals surface area contributed by atoms with E-state index in [0.717, 1.165) is 5.69 Å². The first-order valence-electron chi connectivity index (χ1n) is 6.69. The van der Waals surface area contributed by atoms with Crippen LogP contribution in [0.3, 0.4) is 0 Å². The highest BCUT2D eigenvalue weighted by Gasteiger charge is 2.39. The van der Waals surface area contributed by atoms with Crippen molar-refractivity contribution in [2.24, 2.45) is 0 Å². The molecule has 0 aromatic carbocycles. The molecular weight excluding hydrogens is 272 g/mol. The van der Waals surface area contributed by atoms with Crippen molar-refractivity contribution in [3.05, 3.63) is 30.1 Å². The van der Waals surface area contributed by atoms with E-state index in [-0.39, 0.29) is 17.7 Å². The Hall–Kier alpha value is -1.40. The first-order valence-corrected chi connectivity index (χ1v) is 9.60. The van der Waals surface area contributed by atoms with Crippen LogP contribution in [0.15, 0.2) is 24.4 Å². The predicted octanol–water partition coefficient (Wildman–Crippen LogP) is 3.41. The van der Waals surface area contributed by atoms with Crippen LogP contribution in [0, 0.1) is 0 Å². The van der Waals surface area contributed by atoms with Gasteiger partial charge in [0.25, 0.3) is 0 Å². The van der Waals surface area contributed by atoms with Crippen LogP contribution in [0.2, 0.25) is 18.1 Å². The number of rotatable bonds is 5. The van der Waals surface area contributed by atoms with Gasteiger partial charge in [0, 0.05) is 6.20 Å². The minimum atomic E-state index is -2.00. The molecule has 0 aliphatic carbocycles. The van der Waals surface area contributed by atoms with Crippen LogP contribution in [0.1, 0.15) is 32.6 Å². The summed E-state index contributed by atoms with van der Waals surface area (Å²) in [6, 6.07) is 5.57. The van der Waals surface area contributed by atoms with Gasteiger partial charge in [-0.25, -0.2) is 4.79 Å². The Balaban J connectivity index is 2.92. The highest BCUT2D eigenvalue weighted by atomic mass is 28.4. The number of carboxylic acid groups (broad SMARTS) is 1. The lowest BCUT2D eigenvalue weighted by atomic mass is 10.2. The van der Waals surface area contributed by atoms with Gasteiger partial charge in [-0.15, -0.1) is 0 Å². The molecule has 20 heavy (non-hydrogen) atoms. The van der Waals surface area contributed by atoms with E-state index >= 15 is 0 Å². The lowest BCUT2D eigenvalue weighted by molar-refractivity contribution is 0.160. The van der Waals surface area contributed by atoms with E-state index in [0.29, 0.717) is 0 Å². The van der Waals surface area contributed by atoms with Crippen molar-refractivity contribution < 1.29 is 14.3 Å². The van der Waals surface area contributed by atoms with Crippen LogP contribution < -0.4 is 5.32 Å². The fourth-order valence-electron chi connectivity index (χ4n) is 1.49. The Morgan fingerprint density at radius 3 is 2.55 bits per heavy atom. The van der Waals surface area contributed by atoms with Gasteiger partial charge in [0.1, 0.15) is 6.10 Å². The van der Waals surface area contributed by atoms with Crippen LogP contribution in [-0.4, -0.2) is 31.0 Å². The van der Waals surface area contributed by atoms with Crippen LogP contribution in [0.25, 0.3) is 0 Å². The molecule has 0 radical (unpaired) electrons. The normalized spacial score (nSPS) is 13.8. The standard InChI is InChI=1S/C14H24N2O3Si/c1-14(2,3)20(4,5)19-12(10-16-13(17)18)11-8-6-7-9-15-11/h6-9,12,16H,10H2,1-5H3,(H,17,18). The minimum absolute atomic E-state index is 0.0588. The molecule has 112 valence electrons. The number of aromatic nitrogens is 1. The van der Waals surface area contributed by atoms with Crippen LogP contribution in [0.4, 0.5) is 4.79 Å². The van der Waals surface area contributed by atoms with Gasteiger partial charge in [-0.1, -0.05) is 26.8 Å². The van der Waals surface area contributed by atoms with E-state index in [1.54, 1.807) is 6.20 Å². The summed E-state index contributed by atoms with van der Waals surface area (Å²) in [7, 11) is -2.00. The first-order chi connectivity index (χ1) is 9.13. The number of hydrogen-bond donors (Lipinski definition) is 2. The summed E-state index contributed by atoms with van der Waals surface area (Å²) in [4.78, 5) is 15.0. The zero-order valence-corrected chi connectivity index (χ0v) is 13.8. The number of amides is 1. The maximum atomic E-state index is 10.7. The lowest BCUT2D eigenvalue weighted by Crippen LogP contribution is -2.44. The van der Waals surface area contributed by atoms with Crippen molar-refractivity contribution in [1.29, 1.82) is 0 Å². The zero-order valence-electron chi connectivity index (χ0n) is 12.8. The molecule has 0 fully saturated rings. The van der Waals surface area contributed by atoms with E-state index in [1.807, 2.05) is 18.2 Å². The topological polar surface area (TPSA) is 71.5 Å². The smallest absolute Gasteiger partial charge is 0.404 e. The van der Waals surface area contributed by atoms with Crippen molar-refractivity contribution >= 4 is 14.4 Å². The SMILES string of the molecule is CC(C)(C)[Si](C)(C)OC(CNC(=O)O)c1ccccn1. The lowest BCUT2D eigenvalue weighted by Gasteiger charge is -2.39. The third kappa shape index (κ3) is 4.61. The average molecular weight is 296 g/mol. The molecule has 0 saturated heterocycles. The van der Waals surface area contributed by atoms with Gasteiger partial charge < -0.3 is 14.8 Å². The molecule has 5 nitrogen and oxygen atoms in total. The summed E-state index contributed by atoms with van der Waals surface area (Å²) in [5.41, 5.74) is 0.756. The van der Waals surface area contributed by atoms with Gasteiger partial charge in [0.05, 0.1) is 12.2 Å². The van der Waals surface area contributed by atoms with E-state index in [1.165, 1.54) is 0 Å². The van der Waals surface area contributed by atoms with Crippen LogP contribution >= 0.6 is 0 Å². The number of pyridine rings is 1. The molecule has 2 N–H and O–H groups in total. The fraction of sp³-hybridized carbons (Fsp3) is 0.571. The number of nitrogens with zero attached hydrogens (tertiary/aromatic N) is 1. The molecule has 1 unspecified atom stereocenters. The Morgan fingerprint density at radius 1 is 1.45 bits per heavy atom. The summed E-state index contributed by atoms with van der Waals surface area (Å²) in [6.45, 7) is 10.9. The molecule has 0 spiro atoms. The van der Waals surface area contributed by atoms with E-state index in [4.69, 9.17) is 9.53 Å². The summed E-state index contributed by atoms with van der Waals surface area (Å²) < 4.78 is 6.29. The Bertz CT molecular complexity index is 443. The second-order valence-electron chi connectivity index (χ2n) is 6.31. The van der Waals surface area contributed by atoms with Gasteiger partial charge in [0.2, 0.25) is 0 Å². The minimum Gasteiger partial charge on any atom is -0.465 e. The molecule has 1 rings (SSSR count). The highest BCUT2D eigenvalue weighted by molar-refractivity contribution is 6.74. The van der Waals surface area contributed by atoms with E-state index in [9.17, 15) is 4.79 Å². The third-order valence-corrected chi connectivity index (χ3v) is 8.19. The molecule has 0 saturated carbocycles. The molecule has 0 aliphatic heterocycles. The zero-order chi connectivity index (χ0) is 15.4. The molecule has 1 aromatic rings. The highest BCUT2D eigenvalue weighted by Crippen LogP contribution is 2.39. The number of carbonyl (C=O) groups is 1. The largest absolute Gasteiger partial charge is 0.465 e. The van der Waals surface area contributed by atoms with E-state index in [2.05, 4.69) is 44.2 Å². The van der Waals surface area contributed by atoms with Gasteiger partial charge >= 0.3 is 6.09 Å². The maximum Gasteiger partial charge on any atom is 0.404 e. The molecule has 1 atom stereocenters. The maximum absolute atomic E-state index is 10.7. The quantitative estimate of drug-likeness (QED) is 0.817.